The van der Waals surface area contributed by atoms with Gasteiger partial charge in [-0.15, -0.1) is 0 Å². The molecule has 3 aromatic carbocycles. The minimum absolute atomic E-state index is 0.187. The van der Waals surface area contributed by atoms with Gasteiger partial charge in [-0.2, -0.15) is 0 Å². The molecular weight excluding hydrogens is 372 g/mol. The quantitative estimate of drug-likeness (QED) is 0.694. The highest BCUT2D eigenvalue weighted by Gasteiger charge is 2.38. The van der Waals surface area contributed by atoms with Gasteiger partial charge in [0.05, 0.1) is 0 Å². The van der Waals surface area contributed by atoms with Crippen LogP contribution >= 0.6 is 11.6 Å². The smallest absolute Gasteiger partial charge is 0.259 e. The molecule has 140 valence electrons. The van der Waals surface area contributed by atoms with Crippen molar-refractivity contribution < 1.29 is 9.59 Å². The molecule has 0 aromatic heterocycles. The molecule has 3 aromatic rings. The maximum absolute atomic E-state index is 13.2. The molecule has 1 unspecified atom stereocenters. The van der Waals surface area contributed by atoms with Gasteiger partial charge in [0, 0.05) is 28.4 Å². The van der Waals surface area contributed by atoms with E-state index in [1.54, 1.807) is 29.2 Å². The summed E-state index contributed by atoms with van der Waals surface area (Å²) >= 11 is 6.08. The SMILES string of the molecule is Cc1ccc(Cl)cc1NC(=O)C1Cc2ccccc2N1C(=O)c1ccccc1. The van der Waals surface area contributed by atoms with Gasteiger partial charge in [0.15, 0.2) is 0 Å². The van der Waals surface area contributed by atoms with Crippen molar-refractivity contribution in [2.75, 3.05) is 10.2 Å². The standard InChI is InChI=1S/C23H19ClN2O2/c1-15-11-12-18(24)14-19(15)25-22(27)21-13-17-9-5-6-10-20(17)26(21)23(28)16-7-3-2-4-8-16/h2-12,14,21H,13H2,1H3,(H,25,27). The summed E-state index contributed by atoms with van der Waals surface area (Å²) in [5.41, 5.74) is 3.87. The number of hydrogen-bond donors (Lipinski definition) is 1. The first-order valence-corrected chi connectivity index (χ1v) is 9.46. The first-order valence-electron chi connectivity index (χ1n) is 9.08. The van der Waals surface area contributed by atoms with Crippen LogP contribution in [0.25, 0.3) is 0 Å². The second kappa shape index (κ2) is 7.49. The van der Waals surface area contributed by atoms with Crippen LogP contribution < -0.4 is 10.2 Å². The molecule has 4 nitrogen and oxygen atoms in total. The van der Waals surface area contributed by atoms with Crippen molar-refractivity contribution in [1.82, 2.24) is 0 Å². The Morgan fingerprint density at radius 1 is 1.00 bits per heavy atom. The lowest BCUT2D eigenvalue weighted by Gasteiger charge is -2.25. The number of anilines is 2. The molecule has 28 heavy (non-hydrogen) atoms. The predicted octanol–water partition coefficient (Wildman–Crippen LogP) is 4.86. The van der Waals surface area contributed by atoms with Crippen LogP contribution in [-0.2, 0) is 11.2 Å². The van der Waals surface area contributed by atoms with E-state index in [-0.39, 0.29) is 11.8 Å². The predicted molar refractivity (Wildman–Crippen MR) is 112 cm³/mol. The van der Waals surface area contributed by atoms with Gasteiger partial charge in [0.2, 0.25) is 5.91 Å². The number of para-hydroxylation sites is 1. The van der Waals surface area contributed by atoms with E-state index in [0.29, 0.717) is 22.7 Å². The number of hydrogen-bond acceptors (Lipinski definition) is 2. The lowest BCUT2D eigenvalue weighted by Crippen LogP contribution is -2.45. The van der Waals surface area contributed by atoms with Gasteiger partial charge in [-0.05, 0) is 48.4 Å². The van der Waals surface area contributed by atoms with Crippen LogP contribution in [0.5, 0.6) is 0 Å². The Kier molecular flexibility index (Phi) is 4.88. The minimum Gasteiger partial charge on any atom is -0.324 e. The van der Waals surface area contributed by atoms with Crippen molar-refractivity contribution in [3.63, 3.8) is 0 Å². The number of carbonyl (C=O) groups is 2. The lowest BCUT2D eigenvalue weighted by atomic mass is 10.1. The van der Waals surface area contributed by atoms with Crippen molar-refractivity contribution in [2.24, 2.45) is 0 Å². The highest BCUT2D eigenvalue weighted by molar-refractivity contribution is 6.31. The van der Waals surface area contributed by atoms with E-state index >= 15 is 0 Å². The first kappa shape index (κ1) is 18.3. The molecule has 1 heterocycles. The highest BCUT2D eigenvalue weighted by atomic mass is 35.5. The summed E-state index contributed by atoms with van der Waals surface area (Å²) in [6.07, 6.45) is 0.472. The van der Waals surface area contributed by atoms with Gasteiger partial charge in [0.25, 0.3) is 5.91 Å². The monoisotopic (exact) mass is 390 g/mol. The third kappa shape index (κ3) is 3.39. The second-order valence-corrected chi connectivity index (χ2v) is 7.27. The zero-order valence-corrected chi connectivity index (χ0v) is 16.1. The molecule has 0 radical (unpaired) electrons. The molecule has 2 amide bonds. The maximum Gasteiger partial charge on any atom is 0.259 e. The van der Waals surface area contributed by atoms with Crippen LogP contribution in [0.3, 0.4) is 0 Å². The fourth-order valence-corrected chi connectivity index (χ4v) is 3.68. The highest BCUT2D eigenvalue weighted by Crippen LogP contribution is 2.34. The topological polar surface area (TPSA) is 49.4 Å². The third-order valence-corrected chi connectivity index (χ3v) is 5.21. The normalized spacial score (nSPS) is 15.2. The fourth-order valence-electron chi connectivity index (χ4n) is 3.51. The molecule has 1 N–H and O–H groups in total. The van der Waals surface area contributed by atoms with E-state index in [0.717, 1.165) is 16.8 Å². The van der Waals surface area contributed by atoms with E-state index in [1.165, 1.54) is 0 Å². The molecule has 0 bridgehead atoms. The summed E-state index contributed by atoms with van der Waals surface area (Å²) in [7, 11) is 0. The molecular formula is C23H19ClN2O2. The Balaban J connectivity index is 1.68. The fraction of sp³-hybridized carbons (Fsp3) is 0.130. The van der Waals surface area contributed by atoms with Crippen LogP contribution in [0, 0.1) is 6.92 Å². The van der Waals surface area contributed by atoms with Crippen molar-refractivity contribution in [3.8, 4) is 0 Å². The van der Waals surface area contributed by atoms with Gasteiger partial charge >= 0.3 is 0 Å². The average molecular weight is 391 g/mol. The van der Waals surface area contributed by atoms with E-state index in [4.69, 9.17) is 11.6 Å². The maximum atomic E-state index is 13.2. The van der Waals surface area contributed by atoms with Crippen molar-refractivity contribution in [1.29, 1.82) is 0 Å². The molecule has 1 atom stereocenters. The van der Waals surface area contributed by atoms with Gasteiger partial charge in [0.1, 0.15) is 6.04 Å². The summed E-state index contributed by atoms with van der Waals surface area (Å²) in [6, 6.07) is 21.4. The number of benzene rings is 3. The Hall–Kier alpha value is -3.11. The molecule has 5 heteroatoms. The van der Waals surface area contributed by atoms with Crippen LogP contribution in [0.1, 0.15) is 21.5 Å². The number of nitrogens with one attached hydrogen (secondary N) is 1. The van der Waals surface area contributed by atoms with Crippen molar-refractivity contribution >= 4 is 34.8 Å². The zero-order valence-electron chi connectivity index (χ0n) is 15.4. The van der Waals surface area contributed by atoms with E-state index < -0.39 is 6.04 Å². The third-order valence-electron chi connectivity index (χ3n) is 4.98. The average Bonchev–Trinajstić information content (AvgIpc) is 3.10. The molecule has 0 aliphatic carbocycles. The Morgan fingerprint density at radius 3 is 2.50 bits per heavy atom. The van der Waals surface area contributed by atoms with Crippen LogP contribution in [0.15, 0.2) is 72.8 Å². The van der Waals surface area contributed by atoms with Crippen LogP contribution in [-0.4, -0.2) is 17.9 Å². The van der Waals surface area contributed by atoms with E-state index in [1.807, 2.05) is 55.5 Å². The summed E-state index contributed by atoms with van der Waals surface area (Å²) in [5, 5.41) is 3.50. The van der Waals surface area contributed by atoms with Crippen LogP contribution in [0.2, 0.25) is 5.02 Å². The second-order valence-electron chi connectivity index (χ2n) is 6.84. The number of carbonyl (C=O) groups excluding carboxylic acids is 2. The molecule has 0 saturated carbocycles. The van der Waals surface area contributed by atoms with Crippen molar-refractivity contribution in [2.45, 2.75) is 19.4 Å². The number of nitrogens with zero attached hydrogens (tertiary/aromatic N) is 1. The first-order chi connectivity index (χ1) is 13.5. The molecule has 0 spiro atoms. The van der Waals surface area contributed by atoms with Crippen molar-refractivity contribution in [3.05, 3.63) is 94.5 Å². The van der Waals surface area contributed by atoms with Gasteiger partial charge in [-0.1, -0.05) is 54.1 Å². The summed E-state index contributed by atoms with van der Waals surface area (Å²) in [4.78, 5) is 28.0. The largest absolute Gasteiger partial charge is 0.324 e. The number of fused-ring (bicyclic) bond motifs is 1. The molecule has 1 aliphatic heterocycles. The number of aryl methyl sites for hydroxylation is 1. The van der Waals surface area contributed by atoms with Gasteiger partial charge in [-0.3, -0.25) is 14.5 Å². The molecule has 0 fully saturated rings. The number of amides is 2. The van der Waals surface area contributed by atoms with Gasteiger partial charge in [-0.25, -0.2) is 0 Å². The molecule has 1 aliphatic rings. The van der Waals surface area contributed by atoms with E-state index in [9.17, 15) is 9.59 Å². The summed E-state index contributed by atoms with van der Waals surface area (Å²) in [6.45, 7) is 1.90. The number of rotatable bonds is 3. The Labute approximate surface area is 168 Å². The zero-order chi connectivity index (χ0) is 19.7. The van der Waals surface area contributed by atoms with Crippen LogP contribution in [0.4, 0.5) is 11.4 Å². The summed E-state index contributed by atoms with van der Waals surface area (Å²) in [5.74, 6) is -0.417. The Morgan fingerprint density at radius 2 is 1.71 bits per heavy atom. The van der Waals surface area contributed by atoms with E-state index in [2.05, 4.69) is 5.32 Å². The van der Waals surface area contributed by atoms with Gasteiger partial charge < -0.3 is 5.32 Å². The Bertz CT molecular complexity index is 1050. The summed E-state index contributed by atoms with van der Waals surface area (Å²) < 4.78 is 0. The number of halogens is 1. The molecule has 4 rings (SSSR count). The lowest BCUT2D eigenvalue weighted by molar-refractivity contribution is -0.117. The minimum atomic E-state index is -0.622. The molecule has 0 saturated heterocycles.